The van der Waals surface area contributed by atoms with E-state index < -0.39 is 5.82 Å². The van der Waals surface area contributed by atoms with Crippen molar-refractivity contribution in [3.63, 3.8) is 0 Å². The van der Waals surface area contributed by atoms with Crippen LogP contribution in [0.1, 0.15) is 18.9 Å². The lowest BCUT2D eigenvalue weighted by Crippen LogP contribution is -1.79. The Balaban J connectivity index is 0.000000531. The highest BCUT2D eigenvalue weighted by Gasteiger charge is 2.13. The molecule has 0 fully saturated rings. The van der Waals surface area contributed by atoms with E-state index in [0.717, 1.165) is 5.01 Å². The maximum absolute atomic E-state index is 13.4. The SMILES string of the molecule is CC.Cc1nc2c(Cl)cc(Cl)c(F)c2s1. The Labute approximate surface area is 102 Å². The highest BCUT2D eigenvalue weighted by molar-refractivity contribution is 7.18. The van der Waals surface area contributed by atoms with Crippen molar-refractivity contribution < 1.29 is 4.39 Å². The normalized spacial score (nSPS) is 10.0. The maximum atomic E-state index is 13.4. The van der Waals surface area contributed by atoms with Crippen molar-refractivity contribution in [2.24, 2.45) is 0 Å². The minimum atomic E-state index is -0.438. The molecule has 0 unspecified atom stereocenters. The molecule has 0 bridgehead atoms. The summed E-state index contributed by atoms with van der Waals surface area (Å²) in [4.78, 5) is 4.10. The van der Waals surface area contributed by atoms with Crippen LogP contribution < -0.4 is 0 Å². The van der Waals surface area contributed by atoms with E-state index in [1.54, 1.807) is 6.92 Å². The average Bonchev–Trinajstić information content (AvgIpc) is 2.61. The third-order valence-corrected chi connectivity index (χ3v) is 3.15. The van der Waals surface area contributed by atoms with Gasteiger partial charge >= 0.3 is 0 Å². The first-order valence-corrected chi connectivity index (χ1v) is 6.07. The summed E-state index contributed by atoms with van der Waals surface area (Å²) in [6, 6.07) is 1.37. The molecule has 0 amide bonds. The summed E-state index contributed by atoms with van der Waals surface area (Å²) >= 11 is 12.7. The molecule has 0 saturated heterocycles. The van der Waals surface area contributed by atoms with Gasteiger partial charge in [0.15, 0.2) is 5.82 Å². The van der Waals surface area contributed by atoms with Gasteiger partial charge in [0.25, 0.3) is 0 Å². The van der Waals surface area contributed by atoms with E-state index in [2.05, 4.69) is 4.98 Å². The smallest absolute Gasteiger partial charge is 0.161 e. The fraction of sp³-hybridized carbons (Fsp3) is 0.300. The highest BCUT2D eigenvalue weighted by atomic mass is 35.5. The molecule has 0 spiro atoms. The van der Waals surface area contributed by atoms with E-state index in [9.17, 15) is 4.39 Å². The number of aromatic nitrogens is 1. The van der Waals surface area contributed by atoms with Crippen LogP contribution in [-0.4, -0.2) is 4.98 Å². The Morgan fingerprint density at radius 2 is 1.87 bits per heavy atom. The maximum Gasteiger partial charge on any atom is 0.161 e. The Kier molecular flexibility index (Phi) is 4.32. The fourth-order valence-electron chi connectivity index (χ4n) is 1.09. The first-order valence-electron chi connectivity index (χ1n) is 4.50. The number of halogens is 3. The Hall–Kier alpha value is -0.380. The number of rotatable bonds is 0. The second-order valence-electron chi connectivity index (χ2n) is 2.56. The van der Waals surface area contributed by atoms with Gasteiger partial charge in [-0.15, -0.1) is 11.3 Å². The van der Waals surface area contributed by atoms with Crippen molar-refractivity contribution in [2.45, 2.75) is 20.8 Å². The first kappa shape index (κ1) is 12.7. The predicted molar refractivity (Wildman–Crippen MR) is 65.7 cm³/mol. The number of aryl methyl sites for hydroxylation is 1. The van der Waals surface area contributed by atoms with Crippen LogP contribution >= 0.6 is 34.5 Å². The number of hydrogen-bond donors (Lipinski definition) is 0. The molecule has 0 radical (unpaired) electrons. The van der Waals surface area contributed by atoms with E-state index >= 15 is 0 Å². The largest absolute Gasteiger partial charge is 0.240 e. The molecule has 1 nitrogen and oxygen atoms in total. The highest BCUT2D eigenvalue weighted by Crippen LogP contribution is 2.34. The number of nitrogens with zero attached hydrogens (tertiary/aromatic N) is 1. The number of fused-ring (bicyclic) bond motifs is 1. The van der Waals surface area contributed by atoms with Crippen molar-refractivity contribution in [3.05, 3.63) is 26.9 Å². The van der Waals surface area contributed by atoms with Crippen LogP contribution in [0.5, 0.6) is 0 Å². The predicted octanol–water partition coefficient (Wildman–Crippen LogP) is 5.08. The van der Waals surface area contributed by atoms with Gasteiger partial charge in [-0.25, -0.2) is 9.37 Å². The molecule has 2 aromatic rings. The topological polar surface area (TPSA) is 12.9 Å². The van der Waals surface area contributed by atoms with Crippen LogP contribution in [0, 0.1) is 12.7 Å². The monoisotopic (exact) mass is 265 g/mol. The minimum absolute atomic E-state index is 0.0427. The van der Waals surface area contributed by atoms with Crippen molar-refractivity contribution in [3.8, 4) is 0 Å². The van der Waals surface area contributed by atoms with Gasteiger partial charge in [0.2, 0.25) is 0 Å². The second-order valence-corrected chi connectivity index (χ2v) is 4.58. The number of thiazole rings is 1. The molecule has 1 aromatic heterocycles. The Morgan fingerprint density at radius 3 is 2.47 bits per heavy atom. The van der Waals surface area contributed by atoms with Gasteiger partial charge in [0, 0.05) is 0 Å². The standard InChI is InChI=1S/C8H4Cl2FNS.C2H6/c1-3-12-7-5(10)2-4(9)6(11)8(7)13-3;1-2/h2H,1H3;1-2H3. The Bertz CT molecular complexity index is 482. The molecule has 0 N–H and O–H groups in total. The molecular weight excluding hydrogens is 256 g/mol. The molecule has 5 heteroatoms. The van der Waals surface area contributed by atoms with Crippen LogP contribution in [0.3, 0.4) is 0 Å². The molecule has 1 aromatic carbocycles. The van der Waals surface area contributed by atoms with Crippen LogP contribution in [0.15, 0.2) is 6.07 Å². The summed E-state index contributed by atoms with van der Waals surface area (Å²) in [5.74, 6) is -0.438. The molecule has 0 aliphatic carbocycles. The van der Waals surface area contributed by atoms with Gasteiger partial charge in [-0.1, -0.05) is 37.0 Å². The summed E-state index contributed by atoms with van der Waals surface area (Å²) in [5.41, 5.74) is 0.492. The lowest BCUT2D eigenvalue weighted by Gasteiger charge is -1.96. The van der Waals surface area contributed by atoms with Gasteiger partial charge in [-0.2, -0.15) is 0 Å². The van der Waals surface area contributed by atoms with E-state index in [4.69, 9.17) is 23.2 Å². The van der Waals surface area contributed by atoms with Gasteiger partial charge in [0.1, 0.15) is 5.52 Å². The Morgan fingerprint density at radius 1 is 1.27 bits per heavy atom. The van der Waals surface area contributed by atoms with Crippen LogP contribution in [0.2, 0.25) is 10.0 Å². The summed E-state index contributed by atoms with van der Waals surface area (Å²) in [7, 11) is 0. The van der Waals surface area contributed by atoms with Crippen LogP contribution in [0.25, 0.3) is 10.2 Å². The first-order chi connectivity index (χ1) is 7.09. The van der Waals surface area contributed by atoms with Gasteiger partial charge < -0.3 is 0 Å². The molecule has 82 valence electrons. The van der Waals surface area contributed by atoms with Crippen LogP contribution in [-0.2, 0) is 0 Å². The molecule has 0 saturated carbocycles. The molecular formula is C10H10Cl2FNS. The summed E-state index contributed by atoms with van der Waals surface area (Å²) in [6.07, 6.45) is 0. The lowest BCUT2D eigenvalue weighted by atomic mass is 10.3. The molecule has 0 aliphatic rings. The molecule has 2 rings (SSSR count). The third kappa shape index (κ3) is 2.41. The average molecular weight is 266 g/mol. The zero-order chi connectivity index (χ0) is 11.6. The summed E-state index contributed by atoms with van der Waals surface area (Å²) in [6.45, 7) is 5.80. The fourth-order valence-corrected chi connectivity index (χ4v) is 2.59. The molecule has 0 atom stereocenters. The van der Waals surface area contributed by atoms with Gasteiger partial charge in [-0.05, 0) is 13.0 Å². The number of hydrogen-bond acceptors (Lipinski definition) is 2. The van der Waals surface area contributed by atoms with Crippen molar-refractivity contribution >= 4 is 44.8 Å². The van der Waals surface area contributed by atoms with Gasteiger partial charge in [-0.3, -0.25) is 0 Å². The second kappa shape index (κ2) is 5.10. The zero-order valence-corrected chi connectivity index (χ0v) is 10.9. The van der Waals surface area contributed by atoms with Crippen molar-refractivity contribution in [1.82, 2.24) is 4.98 Å². The van der Waals surface area contributed by atoms with E-state index in [1.807, 2.05) is 13.8 Å². The van der Waals surface area contributed by atoms with E-state index in [1.165, 1.54) is 17.4 Å². The summed E-state index contributed by atoms with van der Waals surface area (Å²) < 4.78 is 13.8. The molecule has 1 heterocycles. The zero-order valence-electron chi connectivity index (χ0n) is 8.57. The lowest BCUT2D eigenvalue weighted by molar-refractivity contribution is 0.642. The van der Waals surface area contributed by atoms with Crippen molar-refractivity contribution in [1.29, 1.82) is 0 Å². The molecule has 0 aliphatic heterocycles. The van der Waals surface area contributed by atoms with Gasteiger partial charge in [0.05, 0.1) is 19.8 Å². The van der Waals surface area contributed by atoms with Crippen molar-refractivity contribution in [2.75, 3.05) is 0 Å². The molecule has 15 heavy (non-hydrogen) atoms. The van der Waals surface area contributed by atoms with Crippen LogP contribution in [0.4, 0.5) is 4.39 Å². The number of benzene rings is 1. The van der Waals surface area contributed by atoms with E-state index in [0.29, 0.717) is 15.2 Å². The van der Waals surface area contributed by atoms with E-state index in [-0.39, 0.29) is 5.02 Å². The summed E-state index contributed by atoms with van der Waals surface area (Å²) in [5, 5.41) is 1.21. The third-order valence-electron chi connectivity index (χ3n) is 1.62. The minimum Gasteiger partial charge on any atom is -0.240 e. The quantitative estimate of drug-likeness (QED) is 0.606.